The van der Waals surface area contributed by atoms with E-state index in [9.17, 15) is 38.4 Å². The van der Waals surface area contributed by atoms with Gasteiger partial charge in [0.15, 0.2) is 0 Å². The highest BCUT2D eigenvalue weighted by molar-refractivity contribution is 6.01. The molecule has 514 valence electrons. The molecule has 8 rings (SSSR count). The number of amides is 8. The van der Waals surface area contributed by atoms with Crippen LogP contribution in [0.5, 0.6) is 0 Å². The van der Waals surface area contributed by atoms with E-state index in [2.05, 4.69) is 64.5 Å². The highest BCUT2D eigenvalue weighted by Crippen LogP contribution is 2.60. The molecule has 0 heterocycles. The van der Waals surface area contributed by atoms with E-state index in [1.54, 1.807) is 17.9 Å². The van der Waals surface area contributed by atoms with Crippen molar-refractivity contribution in [1.29, 1.82) is 0 Å². The van der Waals surface area contributed by atoms with Gasteiger partial charge >= 0.3 is 0 Å². The van der Waals surface area contributed by atoms with E-state index in [0.717, 1.165) is 90.4 Å². The molecule has 20 nitrogen and oxygen atoms in total. The molecular weight excluding hydrogens is 1200 g/mol. The van der Waals surface area contributed by atoms with Crippen LogP contribution in [0.2, 0.25) is 0 Å². The zero-order valence-corrected chi connectivity index (χ0v) is 57.1. The second-order valence-corrected chi connectivity index (χ2v) is 27.6. The van der Waals surface area contributed by atoms with Crippen molar-refractivity contribution in [3.63, 3.8) is 0 Å². The van der Waals surface area contributed by atoms with Gasteiger partial charge in [0.05, 0.1) is 76.8 Å². The summed E-state index contributed by atoms with van der Waals surface area (Å²) in [7, 11) is 0. The molecule has 8 N–H and O–H groups in total. The van der Waals surface area contributed by atoms with Gasteiger partial charge in [0.1, 0.15) is 12.1 Å². The minimum atomic E-state index is -0.945. The summed E-state index contributed by atoms with van der Waals surface area (Å²) in [5.74, 6) is -2.78. The standard InChI is InChI=1S/C75H102N8O12/c1-10-52-18-12-13-19-55(52)48-83(60-20-14-11-17-50(60)4)66(87)30-29-63(84)77-36-38-93-40-42-95-44-43-94-41-39-92-37-31-64(85)81-67(49(2)3)69(89)78-51(5)68(88)80-57-26-22-54-24-28-62-73(7,59(54)46-57)33-16-35-75(62,9)71(91)82-70(90)74(8)34-15-32-72(6)58-45-56(79-65(86)47-76)25-21-53(58)23-27-61(72)74/h10-14,17-22,25-26,45-46,49,51,61-62,67H,1,15-16,23-24,27-44,47-48,76H2,2-9H3,(H,77,84)(H,78,89)(H,79,86)(H,80,88)(H,81,85)(H,82,90,91)/t51-,61+,62+,67-,72+,73+,74-,75-/m0/s1. The van der Waals surface area contributed by atoms with Crippen LogP contribution < -0.4 is 42.5 Å². The Labute approximate surface area is 561 Å². The van der Waals surface area contributed by atoms with Crippen LogP contribution in [0.25, 0.3) is 6.08 Å². The van der Waals surface area contributed by atoms with E-state index in [1.807, 2.05) is 107 Å². The number of nitrogens with two attached hydrogens (primary N) is 1. The van der Waals surface area contributed by atoms with Gasteiger partial charge in [-0.15, -0.1) is 0 Å². The molecule has 8 amide bonds. The van der Waals surface area contributed by atoms with E-state index in [0.29, 0.717) is 63.7 Å². The van der Waals surface area contributed by atoms with Crippen LogP contribution in [0.1, 0.15) is 158 Å². The molecule has 0 aromatic heterocycles. The first-order valence-corrected chi connectivity index (χ1v) is 34.1. The number of nitrogens with zero attached hydrogens (tertiary/aromatic N) is 1. The molecule has 0 spiro atoms. The topological polar surface area (TPSA) is 275 Å². The van der Waals surface area contributed by atoms with Crippen molar-refractivity contribution in [2.45, 2.75) is 168 Å². The molecule has 4 aliphatic rings. The Hall–Kier alpha value is -7.62. The minimum Gasteiger partial charge on any atom is -0.379 e. The lowest BCUT2D eigenvalue weighted by molar-refractivity contribution is -0.150. The molecule has 4 aliphatic carbocycles. The monoisotopic (exact) mass is 1310 g/mol. The Balaban J connectivity index is 0.699. The number of para-hydroxylation sites is 1. The van der Waals surface area contributed by atoms with Gasteiger partial charge in [0.2, 0.25) is 47.3 Å². The molecule has 4 aromatic rings. The maximum atomic E-state index is 14.9. The van der Waals surface area contributed by atoms with Gasteiger partial charge in [-0.2, -0.15) is 0 Å². The summed E-state index contributed by atoms with van der Waals surface area (Å²) in [6.07, 6.45) is 9.65. The lowest BCUT2D eigenvalue weighted by Gasteiger charge is -2.56. The number of fused-ring (bicyclic) bond motifs is 6. The molecule has 0 saturated heterocycles. The number of rotatable bonds is 32. The predicted molar refractivity (Wildman–Crippen MR) is 368 cm³/mol. The van der Waals surface area contributed by atoms with Gasteiger partial charge in [-0.25, -0.2) is 0 Å². The fraction of sp³-hybridized carbons (Fsp3) is 0.547. The highest BCUT2D eigenvalue weighted by atomic mass is 16.6. The van der Waals surface area contributed by atoms with Crippen LogP contribution in [0, 0.1) is 35.5 Å². The number of carbonyl (C=O) groups is 8. The van der Waals surface area contributed by atoms with Gasteiger partial charge in [0, 0.05) is 42.9 Å². The number of carbonyl (C=O) groups excluding carboxylic acids is 8. The smallest absolute Gasteiger partial charge is 0.246 e. The maximum absolute atomic E-state index is 14.9. The van der Waals surface area contributed by atoms with Crippen LogP contribution in [0.3, 0.4) is 0 Å². The molecule has 95 heavy (non-hydrogen) atoms. The number of anilines is 3. The first kappa shape index (κ1) is 73.2. The Morgan fingerprint density at radius 2 is 1.15 bits per heavy atom. The Morgan fingerprint density at radius 3 is 1.71 bits per heavy atom. The molecule has 2 saturated carbocycles. The maximum Gasteiger partial charge on any atom is 0.246 e. The zero-order valence-electron chi connectivity index (χ0n) is 57.1. The molecule has 4 aromatic carbocycles. The van der Waals surface area contributed by atoms with Gasteiger partial charge in [0.25, 0.3) is 0 Å². The van der Waals surface area contributed by atoms with Crippen LogP contribution >= 0.6 is 0 Å². The number of hydrogen-bond acceptors (Lipinski definition) is 13. The molecule has 20 heteroatoms. The van der Waals surface area contributed by atoms with Crippen molar-refractivity contribution < 1.29 is 57.3 Å². The quantitative estimate of drug-likeness (QED) is 0.0178. The van der Waals surface area contributed by atoms with Crippen molar-refractivity contribution in [2.75, 3.05) is 81.5 Å². The Kier molecular flexibility index (Phi) is 25.7. The van der Waals surface area contributed by atoms with E-state index in [-0.39, 0.29) is 111 Å². The van der Waals surface area contributed by atoms with Gasteiger partial charge in [-0.3, -0.25) is 43.7 Å². The number of nitrogens with one attached hydrogen (secondary N) is 6. The minimum absolute atomic E-state index is 0.00987. The van der Waals surface area contributed by atoms with E-state index >= 15 is 0 Å². The third-order valence-corrected chi connectivity index (χ3v) is 20.8. The van der Waals surface area contributed by atoms with Gasteiger partial charge < -0.3 is 56.2 Å². The Bertz CT molecular complexity index is 3410. The van der Waals surface area contributed by atoms with Crippen LogP contribution in [-0.4, -0.2) is 125 Å². The van der Waals surface area contributed by atoms with Gasteiger partial charge in [-0.05, 0) is 163 Å². The summed E-state index contributed by atoms with van der Waals surface area (Å²) < 4.78 is 22.4. The second-order valence-electron chi connectivity index (χ2n) is 27.6. The number of benzene rings is 4. The van der Waals surface area contributed by atoms with Crippen LogP contribution in [-0.2, 0) is 87.5 Å². The molecule has 8 atom stereocenters. The van der Waals surface area contributed by atoms with E-state index in [4.69, 9.17) is 24.7 Å². The number of hydrogen-bond donors (Lipinski definition) is 7. The fourth-order valence-electron chi connectivity index (χ4n) is 15.5. The fourth-order valence-corrected chi connectivity index (χ4v) is 15.5. The van der Waals surface area contributed by atoms with Crippen molar-refractivity contribution in [1.82, 2.24) is 21.3 Å². The molecule has 0 unspecified atom stereocenters. The molecule has 0 aliphatic heterocycles. The zero-order chi connectivity index (χ0) is 68.5. The van der Waals surface area contributed by atoms with Crippen LogP contribution in [0.4, 0.5) is 17.1 Å². The number of aryl methyl sites for hydroxylation is 3. The predicted octanol–water partition coefficient (Wildman–Crippen LogP) is 9.07. The summed E-state index contributed by atoms with van der Waals surface area (Å²) in [4.78, 5) is 110. The second kappa shape index (κ2) is 33.4. The largest absolute Gasteiger partial charge is 0.379 e. The lowest BCUT2D eigenvalue weighted by Crippen LogP contribution is -2.60. The van der Waals surface area contributed by atoms with Crippen molar-refractivity contribution >= 4 is 70.4 Å². The van der Waals surface area contributed by atoms with Crippen molar-refractivity contribution in [3.05, 3.63) is 130 Å². The molecule has 2 fully saturated rings. The SMILES string of the molecule is C=Cc1ccccc1CN(C(=O)CCC(=O)NCCOCCOCCOCCOCCC(=O)N[C@H](C(=O)N[C@@H](C)C(=O)Nc1ccc2c(c1)[C@@]1(C)CCC[C@](C)(C(=O)NC(=O)[C@@]3(C)CCC[C@]4(C)c5cc(NC(=O)CN)ccc5CC[C@@H]34)[C@@H]1CC2)C(C)C)c1ccccc1C. The van der Waals surface area contributed by atoms with E-state index < -0.39 is 40.1 Å². The third kappa shape index (κ3) is 17.9. The summed E-state index contributed by atoms with van der Waals surface area (Å²) in [5, 5.41) is 17.4. The van der Waals surface area contributed by atoms with Crippen molar-refractivity contribution in [3.8, 4) is 0 Å². The average Bonchev–Trinajstić information content (AvgIpc) is 0.727. The highest BCUT2D eigenvalue weighted by Gasteiger charge is 2.58. The normalized spacial score (nSPS) is 22.4. The summed E-state index contributed by atoms with van der Waals surface area (Å²) in [6, 6.07) is 25.6. The number of imide groups is 1. The molecule has 0 bridgehead atoms. The summed E-state index contributed by atoms with van der Waals surface area (Å²) in [5.41, 5.74) is 12.8. The first-order valence-electron chi connectivity index (χ1n) is 34.1. The van der Waals surface area contributed by atoms with Crippen LogP contribution in [0.15, 0.2) is 91.5 Å². The summed E-state index contributed by atoms with van der Waals surface area (Å²) in [6.45, 7) is 22.4. The van der Waals surface area contributed by atoms with Gasteiger partial charge in [-0.1, -0.05) is 122 Å². The molecule has 0 radical (unpaired) electrons. The van der Waals surface area contributed by atoms with E-state index in [1.165, 1.54) is 5.56 Å². The van der Waals surface area contributed by atoms with Crippen molar-refractivity contribution in [2.24, 2.45) is 34.3 Å². The Morgan fingerprint density at radius 1 is 0.611 bits per heavy atom. The number of ether oxygens (including phenoxy) is 4. The molecular formula is C75H102N8O12. The third-order valence-electron chi connectivity index (χ3n) is 20.8. The summed E-state index contributed by atoms with van der Waals surface area (Å²) >= 11 is 0. The first-order chi connectivity index (χ1) is 45.4. The lowest BCUT2D eigenvalue weighted by atomic mass is 9.49. The average molecular weight is 1310 g/mol.